The molecule has 2 heterocycles. The number of halogens is 2. The number of nitrogens with one attached hydrogen (secondary N) is 1. The highest BCUT2D eigenvalue weighted by molar-refractivity contribution is 8.05. The summed E-state index contributed by atoms with van der Waals surface area (Å²) in [5.41, 5.74) is 1.04. The number of benzene rings is 2. The molecule has 0 radical (unpaired) electrons. The Labute approximate surface area is 198 Å². The fraction of sp³-hybridized carbons (Fsp3) is 0.125. The van der Waals surface area contributed by atoms with Crippen LogP contribution >= 0.6 is 23.4 Å². The first kappa shape index (κ1) is 22.6. The van der Waals surface area contributed by atoms with Crippen LogP contribution in [0.2, 0.25) is 5.02 Å². The molecule has 4 rings (SSSR count). The van der Waals surface area contributed by atoms with Gasteiger partial charge in [-0.25, -0.2) is 4.39 Å². The standard InChI is InChI=1S/C24H17ClFN3O3S/c25-16-5-3-15(4-6-16)12-21-23(31)29(18-9-7-17(26)8-10-18)24(33-21)20(13-27)22(30)28-14-19-2-1-11-32-19/h1-11,21H,12,14H2,(H,28,30)/b24-20-. The molecule has 33 heavy (non-hydrogen) atoms. The smallest absolute Gasteiger partial charge is 0.265 e. The van der Waals surface area contributed by atoms with E-state index in [1.165, 1.54) is 35.4 Å². The summed E-state index contributed by atoms with van der Waals surface area (Å²) in [4.78, 5) is 27.5. The maximum atomic E-state index is 13.5. The normalized spacial score (nSPS) is 17.1. The van der Waals surface area contributed by atoms with Crippen LogP contribution < -0.4 is 10.2 Å². The van der Waals surface area contributed by atoms with Gasteiger partial charge < -0.3 is 9.73 Å². The number of hydrogen-bond acceptors (Lipinski definition) is 5. The van der Waals surface area contributed by atoms with Gasteiger partial charge >= 0.3 is 0 Å². The van der Waals surface area contributed by atoms with Gasteiger partial charge in [0.25, 0.3) is 5.91 Å². The number of furan rings is 1. The molecule has 1 saturated heterocycles. The van der Waals surface area contributed by atoms with Gasteiger partial charge in [-0.05, 0) is 60.5 Å². The van der Waals surface area contributed by atoms with Crippen LogP contribution in [0.3, 0.4) is 0 Å². The van der Waals surface area contributed by atoms with E-state index >= 15 is 0 Å². The molecule has 2 amide bonds. The Hall–Kier alpha value is -3.54. The lowest BCUT2D eigenvalue weighted by Crippen LogP contribution is -2.32. The van der Waals surface area contributed by atoms with Crippen LogP contribution in [0.5, 0.6) is 0 Å². The molecule has 3 aromatic rings. The predicted molar refractivity (Wildman–Crippen MR) is 124 cm³/mol. The summed E-state index contributed by atoms with van der Waals surface area (Å²) >= 11 is 7.08. The maximum Gasteiger partial charge on any atom is 0.265 e. The molecule has 9 heteroatoms. The van der Waals surface area contributed by atoms with E-state index in [2.05, 4.69) is 5.32 Å². The molecule has 1 aromatic heterocycles. The van der Waals surface area contributed by atoms with Gasteiger partial charge in [0.15, 0.2) is 0 Å². The Morgan fingerprint density at radius 1 is 1.18 bits per heavy atom. The minimum atomic E-state index is -0.636. The van der Waals surface area contributed by atoms with Gasteiger partial charge in [0.05, 0.1) is 18.1 Å². The second kappa shape index (κ2) is 9.94. The lowest BCUT2D eigenvalue weighted by atomic mass is 10.1. The average molecular weight is 482 g/mol. The number of carbonyl (C=O) groups is 2. The molecule has 1 atom stereocenters. The molecule has 0 saturated carbocycles. The van der Waals surface area contributed by atoms with Crippen molar-refractivity contribution >= 4 is 40.9 Å². The number of hydrogen-bond donors (Lipinski definition) is 1. The van der Waals surface area contributed by atoms with E-state index in [1.807, 2.05) is 18.2 Å². The third-order valence-electron chi connectivity index (χ3n) is 4.93. The zero-order chi connectivity index (χ0) is 23.4. The molecule has 166 valence electrons. The minimum Gasteiger partial charge on any atom is -0.467 e. The van der Waals surface area contributed by atoms with Gasteiger partial charge in [-0.3, -0.25) is 14.5 Å². The third kappa shape index (κ3) is 5.11. The van der Waals surface area contributed by atoms with E-state index in [-0.39, 0.29) is 23.1 Å². The molecule has 1 aliphatic rings. The van der Waals surface area contributed by atoms with Crippen LogP contribution in [0.4, 0.5) is 10.1 Å². The molecular weight excluding hydrogens is 465 g/mol. The Kier molecular flexibility index (Phi) is 6.82. The number of thioether (sulfide) groups is 1. The van der Waals surface area contributed by atoms with E-state index in [0.29, 0.717) is 22.9 Å². The van der Waals surface area contributed by atoms with E-state index in [1.54, 1.807) is 24.3 Å². The first-order valence-corrected chi connectivity index (χ1v) is 11.2. The van der Waals surface area contributed by atoms with Crippen molar-refractivity contribution in [2.24, 2.45) is 0 Å². The van der Waals surface area contributed by atoms with E-state index in [0.717, 1.165) is 17.3 Å². The highest BCUT2D eigenvalue weighted by atomic mass is 35.5. The fourth-order valence-electron chi connectivity index (χ4n) is 3.32. The fourth-order valence-corrected chi connectivity index (χ4v) is 4.75. The zero-order valence-electron chi connectivity index (χ0n) is 17.1. The molecule has 0 spiro atoms. The van der Waals surface area contributed by atoms with Gasteiger partial charge in [0, 0.05) is 10.7 Å². The SMILES string of the molecule is N#C/C(C(=O)NCc1ccco1)=C1/SC(Cc2ccc(Cl)cc2)C(=O)N1c1ccc(F)cc1. The Balaban J connectivity index is 1.67. The molecule has 1 aliphatic heterocycles. The predicted octanol–water partition coefficient (Wildman–Crippen LogP) is 4.81. The molecular formula is C24H17ClFN3O3S. The Bertz CT molecular complexity index is 1240. The summed E-state index contributed by atoms with van der Waals surface area (Å²) in [5.74, 6) is -0.874. The molecule has 0 bridgehead atoms. The summed E-state index contributed by atoms with van der Waals surface area (Å²) in [5, 5.41) is 12.6. The summed E-state index contributed by atoms with van der Waals surface area (Å²) in [6.45, 7) is 0.0909. The van der Waals surface area contributed by atoms with Crippen molar-refractivity contribution < 1.29 is 18.4 Å². The van der Waals surface area contributed by atoms with Crippen LogP contribution in [-0.4, -0.2) is 17.1 Å². The number of nitriles is 1. The molecule has 1 N–H and O–H groups in total. The lowest BCUT2D eigenvalue weighted by Gasteiger charge is -2.18. The van der Waals surface area contributed by atoms with Gasteiger partial charge in [-0.2, -0.15) is 5.26 Å². The Morgan fingerprint density at radius 3 is 2.55 bits per heavy atom. The number of rotatable bonds is 6. The Morgan fingerprint density at radius 2 is 1.91 bits per heavy atom. The van der Waals surface area contributed by atoms with Crippen molar-refractivity contribution in [3.63, 3.8) is 0 Å². The van der Waals surface area contributed by atoms with Crippen LogP contribution in [-0.2, 0) is 22.6 Å². The van der Waals surface area contributed by atoms with Crippen LogP contribution in [0, 0.1) is 17.1 Å². The van der Waals surface area contributed by atoms with Gasteiger partial charge in [0.1, 0.15) is 28.2 Å². The van der Waals surface area contributed by atoms with Crippen LogP contribution in [0.15, 0.2) is 81.9 Å². The van der Waals surface area contributed by atoms with Crippen molar-refractivity contribution in [1.29, 1.82) is 5.26 Å². The largest absolute Gasteiger partial charge is 0.467 e. The second-order valence-electron chi connectivity index (χ2n) is 7.14. The molecule has 1 fully saturated rings. The lowest BCUT2D eigenvalue weighted by molar-refractivity contribution is -0.117. The molecule has 2 aromatic carbocycles. The summed E-state index contributed by atoms with van der Waals surface area (Å²) in [7, 11) is 0. The van der Waals surface area contributed by atoms with E-state index in [4.69, 9.17) is 16.0 Å². The molecule has 0 aliphatic carbocycles. The summed E-state index contributed by atoms with van der Waals surface area (Å²) in [6, 6.07) is 17.7. The van der Waals surface area contributed by atoms with Crippen molar-refractivity contribution in [1.82, 2.24) is 5.32 Å². The maximum absolute atomic E-state index is 13.5. The van der Waals surface area contributed by atoms with Crippen LogP contribution in [0.25, 0.3) is 0 Å². The number of carbonyl (C=O) groups excluding carboxylic acids is 2. The van der Waals surface area contributed by atoms with Crippen molar-refractivity contribution in [2.75, 3.05) is 4.90 Å². The van der Waals surface area contributed by atoms with Crippen molar-refractivity contribution in [3.8, 4) is 6.07 Å². The zero-order valence-corrected chi connectivity index (χ0v) is 18.7. The van der Waals surface area contributed by atoms with Crippen LogP contribution in [0.1, 0.15) is 11.3 Å². The number of nitrogens with zero attached hydrogens (tertiary/aromatic N) is 2. The molecule has 1 unspecified atom stereocenters. The highest BCUT2D eigenvalue weighted by Gasteiger charge is 2.40. The quantitative estimate of drug-likeness (QED) is 0.403. The van der Waals surface area contributed by atoms with Gasteiger partial charge in [-0.1, -0.05) is 35.5 Å². The summed E-state index contributed by atoms with van der Waals surface area (Å²) in [6.07, 6.45) is 1.85. The number of anilines is 1. The minimum absolute atomic E-state index is 0.0909. The first-order chi connectivity index (χ1) is 16.0. The monoisotopic (exact) mass is 481 g/mol. The summed E-state index contributed by atoms with van der Waals surface area (Å²) < 4.78 is 18.7. The topological polar surface area (TPSA) is 86.3 Å². The first-order valence-electron chi connectivity index (χ1n) is 9.92. The van der Waals surface area contributed by atoms with E-state index < -0.39 is 17.0 Å². The van der Waals surface area contributed by atoms with Crippen molar-refractivity contribution in [2.45, 2.75) is 18.2 Å². The molecule has 6 nitrogen and oxygen atoms in total. The average Bonchev–Trinajstić information content (AvgIpc) is 3.44. The van der Waals surface area contributed by atoms with Gasteiger partial charge in [-0.15, -0.1) is 0 Å². The number of amides is 2. The van der Waals surface area contributed by atoms with Gasteiger partial charge in [0.2, 0.25) is 5.91 Å². The third-order valence-corrected chi connectivity index (χ3v) is 6.44. The van der Waals surface area contributed by atoms with Crippen molar-refractivity contribution in [3.05, 3.63) is 99.7 Å². The van der Waals surface area contributed by atoms with E-state index in [9.17, 15) is 19.2 Å². The second-order valence-corrected chi connectivity index (χ2v) is 8.77. The highest BCUT2D eigenvalue weighted by Crippen LogP contribution is 2.42.